The molecule has 220 valence electrons. The second-order valence-corrected chi connectivity index (χ2v) is 13.4. The lowest BCUT2D eigenvalue weighted by atomic mass is 9.75. The number of carbonyl (C=O) groups excluding carboxylic acids is 2. The number of ether oxygens (including phenoxy) is 4. The van der Waals surface area contributed by atoms with Crippen LogP contribution in [0.2, 0.25) is 5.02 Å². The summed E-state index contributed by atoms with van der Waals surface area (Å²) >= 11 is 6.91. The molecule has 6 rings (SSSR count). The van der Waals surface area contributed by atoms with Gasteiger partial charge in [-0.2, -0.15) is 0 Å². The molecule has 4 aliphatic rings. The van der Waals surface area contributed by atoms with Gasteiger partial charge in [0.1, 0.15) is 23.7 Å². The van der Waals surface area contributed by atoms with Gasteiger partial charge in [-0.15, -0.1) is 0 Å². The number of carbonyl (C=O) groups is 2. The minimum Gasteiger partial charge on any atom is -0.495 e. The third-order valence-corrected chi connectivity index (χ3v) is 10.2. The first-order valence-electron chi connectivity index (χ1n) is 14.8. The van der Waals surface area contributed by atoms with Gasteiger partial charge in [-0.05, 0) is 93.7 Å². The number of aliphatic hydroxyl groups excluding tert-OH is 1. The van der Waals surface area contributed by atoms with E-state index in [0.717, 1.165) is 43.2 Å². The molecule has 0 unspecified atom stereocenters. The molecule has 4 atom stereocenters. The second kappa shape index (κ2) is 10.5. The Balaban J connectivity index is 1.47. The molecule has 1 aliphatic heterocycles. The van der Waals surface area contributed by atoms with E-state index >= 15 is 0 Å². The summed E-state index contributed by atoms with van der Waals surface area (Å²) in [6.45, 7) is 7.83. The van der Waals surface area contributed by atoms with Crippen LogP contribution in [0.1, 0.15) is 110 Å². The molecule has 3 saturated carbocycles. The summed E-state index contributed by atoms with van der Waals surface area (Å²) in [5.74, 6) is 1.54. The Morgan fingerprint density at radius 1 is 1.20 bits per heavy atom. The van der Waals surface area contributed by atoms with Crippen LogP contribution < -0.4 is 14.2 Å². The molecule has 0 amide bonds. The molecule has 0 spiro atoms. The SMILES string of the molecule is COc1c([C@@H](O)CC(C)C)ccc2c1C(=O)OCc1c(Cl)c(C)c(C3CC3)c(OC(=O)[C@]3(C)C[C@H]4CC[C@@H]3C4)c1O2. The van der Waals surface area contributed by atoms with Gasteiger partial charge in [0.15, 0.2) is 11.5 Å². The van der Waals surface area contributed by atoms with Crippen LogP contribution >= 0.6 is 11.6 Å². The number of rotatable bonds is 7. The van der Waals surface area contributed by atoms with Gasteiger partial charge in [0.2, 0.25) is 0 Å². The van der Waals surface area contributed by atoms with E-state index < -0.39 is 17.5 Å². The minimum absolute atomic E-state index is 0.0838. The molecule has 2 aromatic carbocycles. The van der Waals surface area contributed by atoms with E-state index in [9.17, 15) is 14.7 Å². The van der Waals surface area contributed by atoms with Gasteiger partial charge < -0.3 is 24.1 Å². The Kier molecular flexibility index (Phi) is 7.26. The quantitative estimate of drug-likeness (QED) is 0.263. The van der Waals surface area contributed by atoms with E-state index in [0.29, 0.717) is 45.9 Å². The lowest BCUT2D eigenvalue weighted by molar-refractivity contribution is -0.148. The van der Waals surface area contributed by atoms with Crippen molar-refractivity contribution in [2.24, 2.45) is 23.2 Å². The third-order valence-electron chi connectivity index (χ3n) is 9.70. The van der Waals surface area contributed by atoms with Crippen molar-refractivity contribution in [3.05, 3.63) is 45.0 Å². The predicted octanol–water partition coefficient (Wildman–Crippen LogP) is 7.81. The molecular formula is C33H39ClO7. The van der Waals surface area contributed by atoms with Crippen LogP contribution in [0.3, 0.4) is 0 Å². The van der Waals surface area contributed by atoms with Gasteiger partial charge in [-0.1, -0.05) is 31.9 Å². The van der Waals surface area contributed by atoms with Crippen LogP contribution in [0.4, 0.5) is 0 Å². The van der Waals surface area contributed by atoms with Crippen molar-refractivity contribution in [1.29, 1.82) is 0 Å². The van der Waals surface area contributed by atoms with E-state index in [1.807, 2.05) is 27.7 Å². The van der Waals surface area contributed by atoms with Gasteiger partial charge >= 0.3 is 11.9 Å². The van der Waals surface area contributed by atoms with E-state index in [2.05, 4.69) is 0 Å². The molecule has 41 heavy (non-hydrogen) atoms. The summed E-state index contributed by atoms with van der Waals surface area (Å²) < 4.78 is 24.3. The van der Waals surface area contributed by atoms with Crippen LogP contribution in [-0.4, -0.2) is 24.2 Å². The smallest absolute Gasteiger partial charge is 0.346 e. The average Bonchev–Trinajstić information content (AvgIpc) is 3.56. The maximum atomic E-state index is 13.9. The number of benzene rings is 2. The zero-order valence-electron chi connectivity index (χ0n) is 24.5. The number of aliphatic hydroxyl groups is 1. The van der Waals surface area contributed by atoms with E-state index in [-0.39, 0.29) is 41.5 Å². The van der Waals surface area contributed by atoms with Crippen LogP contribution in [0.25, 0.3) is 0 Å². The Hall–Kier alpha value is -2.77. The molecule has 0 radical (unpaired) electrons. The number of cyclic esters (lactones) is 1. The van der Waals surface area contributed by atoms with Crippen LogP contribution in [-0.2, 0) is 16.1 Å². The van der Waals surface area contributed by atoms with Crippen LogP contribution in [0.15, 0.2) is 12.1 Å². The molecule has 2 bridgehead atoms. The molecule has 8 heteroatoms. The van der Waals surface area contributed by atoms with Crippen LogP contribution in [0.5, 0.6) is 23.0 Å². The summed E-state index contributed by atoms with van der Waals surface area (Å²) in [6.07, 6.45) is 5.74. The monoisotopic (exact) mass is 582 g/mol. The number of halogens is 1. The maximum Gasteiger partial charge on any atom is 0.346 e. The Bertz CT molecular complexity index is 1410. The summed E-state index contributed by atoms with van der Waals surface area (Å²) in [6, 6.07) is 3.35. The molecular weight excluding hydrogens is 544 g/mol. The highest BCUT2D eigenvalue weighted by Gasteiger charge is 2.54. The fraction of sp³-hybridized carbons (Fsp3) is 0.576. The standard InChI is InChI=1S/C33H39ClO7/c1-16(2)12-23(35)21-10-11-24-26(28(21)38-5)31(36)39-15-22-27(34)17(3)25(19-7-8-19)30(29(22)40-24)41-32(37)33(4)14-18-6-9-20(33)13-18/h10-11,16,18-20,23,35H,6-9,12-15H2,1-5H3/t18-,20+,23-,33+/m0/s1. The fourth-order valence-electron chi connectivity index (χ4n) is 7.38. The summed E-state index contributed by atoms with van der Waals surface area (Å²) in [5, 5.41) is 11.4. The first-order valence-corrected chi connectivity index (χ1v) is 15.2. The van der Waals surface area contributed by atoms with Gasteiger partial charge in [0.25, 0.3) is 0 Å². The molecule has 7 nitrogen and oxygen atoms in total. The Labute approximate surface area is 246 Å². The highest BCUT2D eigenvalue weighted by molar-refractivity contribution is 6.32. The van der Waals surface area contributed by atoms with E-state index in [1.165, 1.54) is 13.5 Å². The zero-order chi connectivity index (χ0) is 29.2. The zero-order valence-corrected chi connectivity index (χ0v) is 25.2. The summed E-state index contributed by atoms with van der Waals surface area (Å²) in [4.78, 5) is 27.3. The molecule has 3 aliphatic carbocycles. The first-order chi connectivity index (χ1) is 19.5. The summed E-state index contributed by atoms with van der Waals surface area (Å²) in [5.41, 5.74) is 2.20. The molecule has 1 heterocycles. The van der Waals surface area contributed by atoms with Crippen molar-refractivity contribution in [2.75, 3.05) is 7.11 Å². The highest BCUT2D eigenvalue weighted by atomic mass is 35.5. The number of hydrogen-bond donors (Lipinski definition) is 1. The Morgan fingerprint density at radius 3 is 2.56 bits per heavy atom. The van der Waals surface area contributed by atoms with Crippen molar-refractivity contribution in [3.8, 4) is 23.0 Å². The largest absolute Gasteiger partial charge is 0.495 e. The molecule has 2 aromatic rings. The highest BCUT2D eigenvalue weighted by Crippen LogP contribution is 2.59. The third kappa shape index (κ3) is 4.79. The lowest BCUT2D eigenvalue weighted by Crippen LogP contribution is -2.37. The molecule has 0 saturated heterocycles. The topological polar surface area (TPSA) is 91.3 Å². The van der Waals surface area contributed by atoms with Crippen molar-refractivity contribution < 1.29 is 33.6 Å². The second-order valence-electron chi connectivity index (χ2n) is 13.0. The molecule has 3 fully saturated rings. The summed E-state index contributed by atoms with van der Waals surface area (Å²) in [7, 11) is 1.45. The molecule has 0 aromatic heterocycles. The lowest BCUT2D eigenvalue weighted by Gasteiger charge is -2.32. The van der Waals surface area contributed by atoms with Crippen molar-refractivity contribution in [2.45, 2.75) is 91.3 Å². The minimum atomic E-state index is -0.835. The van der Waals surface area contributed by atoms with E-state index in [1.54, 1.807) is 12.1 Å². The fourth-order valence-corrected chi connectivity index (χ4v) is 7.62. The van der Waals surface area contributed by atoms with Crippen molar-refractivity contribution in [3.63, 3.8) is 0 Å². The maximum absolute atomic E-state index is 13.9. The van der Waals surface area contributed by atoms with E-state index in [4.69, 9.17) is 30.5 Å². The number of hydrogen-bond acceptors (Lipinski definition) is 7. The average molecular weight is 583 g/mol. The van der Waals surface area contributed by atoms with Crippen LogP contribution in [0, 0.1) is 30.1 Å². The molecule has 1 N–H and O–H groups in total. The predicted molar refractivity (Wildman–Crippen MR) is 154 cm³/mol. The van der Waals surface area contributed by atoms with Crippen molar-refractivity contribution >= 4 is 23.5 Å². The van der Waals surface area contributed by atoms with Crippen molar-refractivity contribution in [1.82, 2.24) is 0 Å². The number of esters is 2. The first kappa shape index (κ1) is 28.4. The number of methoxy groups -OCH3 is 1. The van der Waals surface area contributed by atoms with Gasteiger partial charge in [0, 0.05) is 11.1 Å². The van der Waals surface area contributed by atoms with Gasteiger partial charge in [-0.25, -0.2) is 4.79 Å². The normalized spacial score (nSPS) is 25.5. The Morgan fingerprint density at radius 2 is 1.95 bits per heavy atom. The number of fused-ring (bicyclic) bond motifs is 4. The van der Waals surface area contributed by atoms with Gasteiger partial charge in [-0.3, -0.25) is 4.79 Å². The van der Waals surface area contributed by atoms with Gasteiger partial charge in [0.05, 0.1) is 29.2 Å².